The molecule has 2 aromatic heterocycles. The molecular formula is C22H24N4O2. The molecule has 1 amide bonds. The third kappa shape index (κ3) is 4.27. The van der Waals surface area contributed by atoms with Crippen molar-refractivity contribution in [3.05, 3.63) is 64.3 Å². The molecule has 3 aromatic rings. The number of hydrogen-bond acceptors (Lipinski definition) is 4. The van der Waals surface area contributed by atoms with E-state index >= 15 is 0 Å². The molecule has 1 fully saturated rings. The number of benzene rings is 1. The van der Waals surface area contributed by atoms with Gasteiger partial charge in [0.25, 0.3) is 5.56 Å². The highest BCUT2D eigenvalue weighted by atomic mass is 16.1. The lowest BCUT2D eigenvalue weighted by Crippen LogP contribution is -2.15. The normalized spacial score (nSPS) is 14.4. The van der Waals surface area contributed by atoms with E-state index in [0.29, 0.717) is 29.8 Å². The predicted octanol–water partition coefficient (Wildman–Crippen LogP) is 3.82. The first-order valence-corrected chi connectivity index (χ1v) is 9.89. The maximum absolute atomic E-state index is 12.3. The topological polar surface area (TPSA) is 87.7 Å². The summed E-state index contributed by atoms with van der Waals surface area (Å²) in [7, 11) is 0. The summed E-state index contributed by atoms with van der Waals surface area (Å²) in [5.74, 6) is 0.693. The summed E-state index contributed by atoms with van der Waals surface area (Å²) in [5.41, 5.74) is 2.19. The number of fused-ring (bicyclic) bond motifs is 1. The molecule has 2 N–H and O–H groups in total. The standard InChI is InChI=1S/C22H24N4O2/c27-21(10-7-15-4-1-2-5-15)24-17-8-9-18-19(13-17)22(28)26-25-20(18)12-16-6-3-11-23-14-16/h3,6,8-9,11,13-15H,1-2,4-5,7,10,12H2,(H,24,27)(H,26,28). The maximum atomic E-state index is 12.3. The zero-order valence-electron chi connectivity index (χ0n) is 15.8. The highest BCUT2D eigenvalue weighted by Crippen LogP contribution is 2.28. The van der Waals surface area contributed by atoms with Crippen molar-refractivity contribution in [2.45, 2.75) is 44.9 Å². The number of carbonyl (C=O) groups is 1. The Morgan fingerprint density at radius 3 is 2.82 bits per heavy atom. The summed E-state index contributed by atoms with van der Waals surface area (Å²) in [6.07, 6.45) is 10.6. The lowest BCUT2D eigenvalue weighted by molar-refractivity contribution is -0.116. The van der Waals surface area contributed by atoms with Crippen molar-refractivity contribution in [3.8, 4) is 0 Å². The van der Waals surface area contributed by atoms with Crippen LogP contribution in [0.4, 0.5) is 5.69 Å². The number of nitrogens with one attached hydrogen (secondary N) is 2. The van der Waals surface area contributed by atoms with Crippen LogP contribution in [0.25, 0.3) is 10.8 Å². The number of amides is 1. The van der Waals surface area contributed by atoms with Gasteiger partial charge in [0.05, 0.1) is 11.1 Å². The third-order valence-electron chi connectivity index (χ3n) is 5.50. The SMILES string of the molecule is O=C(CCC1CCCC1)Nc1ccc2c(Cc3cccnc3)n[nH]c(=O)c2c1. The lowest BCUT2D eigenvalue weighted by atomic mass is 10.0. The highest BCUT2D eigenvalue weighted by molar-refractivity contribution is 5.94. The number of H-pyrrole nitrogens is 1. The molecule has 6 nitrogen and oxygen atoms in total. The summed E-state index contributed by atoms with van der Waals surface area (Å²) in [6, 6.07) is 9.28. The molecule has 4 rings (SSSR count). The average Bonchev–Trinajstić information content (AvgIpc) is 3.23. The van der Waals surface area contributed by atoms with Gasteiger partial charge in [0, 0.05) is 36.3 Å². The van der Waals surface area contributed by atoms with Crippen LogP contribution in [0, 0.1) is 5.92 Å². The van der Waals surface area contributed by atoms with Crippen LogP contribution in [0.15, 0.2) is 47.5 Å². The first-order valence-electron chi connectivity index (χ1n) is 9.89. The number of nitrogens with zero attached hydrogens (tertiary/aromatic N) is 2. The molecule has 2 heterocycles. The number of aromatic nitrogens is 3. The zero-order chi connectivity index (χ0) is 19.3. The van der Waals surface area contributed by atoms with E-state index < -0.39 is 0 Å². The van der Waals surface area contributed by atoms with Gasteiger partial charge in [-0.15, -0.1) is 0 Å². The van der Waals surface area contributed by atoms with Crippen LogP contribution in [-0.4, -0.2) is 21.1 Å². The van der Waals surface area contributed by atoms with E-state index in [1.165, 1.54) is 25.7 Å². The average molecular weight is 376 g/mol. The summed E-state index contributed by atoms with van der Waals surface area (Å²) in [4.78, 5) is 28.7. The lowest BCUT2D eigenvalue weighted by Gasteiger charge is -2.10. The van der Waals surface area contributed by atoms with Crippen molar-refractivity contribution in [3.63, 3.8) is 0 Å². The van der Waals surface area contributed by atoms with Gasteiger partial charge in [-0.3, -0.25) is 14.6 Å². The molecule has 28 heavy (non-hydrogen) atoms. The zero-order valence-corrected chi connectivity index (χ0v) is 15.8. The molecule has 0 radical (unpaired) electrons. The minimum absolute atomic E-state index is 0.00678. The van der Waals surface area contributed by atoms with Gasteiger partial charge >= 0.3 is 0 Å². The molecule has 0 unspecified atom stereocenters. The van der Waals surface area contributed by atoms with Crippen molar-refractivity contribution in [1.29, 1.82) is 0 Å². The second kappa shape index (κ2) is 8.33. The van der Waals surface area contributed by atoms with Crippen LogP contribution in [0.3, 0.4) is 0 Å². The Bertz CT molecular complexity index is 1020. The summed E-state index contributed by atoms with van der Waals surface area (Å²) in [6.45, 7) is 0. The fraction of sp³-hybridized carbons (Fsp3) is 0.364. The smallest absolute Gasteiger partial charge is 0.272 e. The maximum Gasteiger partial charge on any atom is 0.272 e. The van der Waals surface area contributed by atoms with Crippen LogP contribution < -0.4 is 10.9 Å². The fourth-order valence-corrected chi connectivity index (χ4v) is 3.99. The molecule has 1 aliphatic carbocycles. The van der Waals surface area contributed by atoms with Crippen molar-refractivity contribution in [1.82, 2.24) is 15.2 Å². The Labute approximate surface area is 163 Å². The van der Waals surface area contributed by atoms with Gasteiger partial charge in [-0.1, -0.05) is 37.8 Å². The van der Waals surface area contributed by atoms with Crippen molar-refractivity contribution >= 4 is 22.4 Å². The molecule has 0 spiro atoms. The number of pyridine rings is 1. The first-order chi connectivity index (χ1) is 13.7. The van der Waals surface area contributed by atoms with Crippen LogP contribution in [0.1, 0.15) is 49.8 Å². The Kier molecular flexibility index (Phi) is 5.46. The molecule has 1 aromatic carbocycles. The Hall–Kier alpha value is -3.02. The number of anilines is 1. The Balaban J connectivity index is 1.51. The van der Waals surface area contributed by atoms with Crippen LogP contribution in [0.2, 0.25) is 0 Å². The van der Waals surface area contributed by atoms with Gasteiger partial charge < -0.3 is 5.32 Å². The number of hydrogen-bond donors (Lipinski definition) is 2. The summed E-state index contributed by atoms with van der Waals surface area (Å²) in [5, 5.41) is 11.0. The van der Waals surface area contributed by atoms with Gasteiger partial charge in [0.2, 0.25) is 5.91 Å². The molecule has 6 heteroatoms. The Morgan fingerprint density at radius 1 is 1.18 bits per heavy atom. The molecule has 0 atom stereocenters. The molecule has 1 saturated carbocycles. The van der Waals surface area contributed by atoms with E-state index in [0.717, 1.165) is 23.1 Å². The predicted molar refractivity (Wildman–Crippen MR) is 109 cm³/mol. The molecule has 0 saturated heterocycles. The van der Waals surface area contributed by atoms with Gasteiger partial charge in [0.15, 0.2) is 0 Å². The van der Waals surface area contributed by atoms with Crippen molar-refractivity contribution < 1.29 is 4.79 Å². The minimum Gasteiger partial charge on any atom is -0.326 e. The molecule has 0 bridgehead atoms. The molecule has 0 aliphatic heterocycles. The van der Waals surface area contributed by atoms with E-state index in [-0.39, 0.29) is 11.5 Å². The highest BCUT2D eigenvalue weighted by Gasteiger charge is 2.16. The van der Waals surface area contributed by atoms with Crippen LogP contribution in [0.5, 0.6) is 0 Å². The van der Waals surface area contributed by atoms with E-state index in [9.17, 15) is 9.59 Å². The van der Waals surface area contributed by atoms with Gasteiger partial charge in [-0.25, -0.2) is 5.10 Å². The number of rotatable bonds is 6. The first kappa shape index (κ1) is 18.3. The molecule has 144 valence electrons. The van der Waals surface area contributed by atoms with Crippen LogP contribution >= 0.6 is 0 Å². The summed E-state index contributed by atoms with van der Waals surface area (Å²) < 4.78 is 0. The third-order valence-corrected chi connectivity index (χ3v) is 5.50. The van der Waals surface area contributed by atoms with Crippen LogP contribution in [-0.2, 0) is 11.2 Å². The number of carbonyl (C=O) groups excluding carboxylic acids is 1. The van der Waals surface area contributed by atoms with E-state index in [4.69, 9.17) is 0 Å². The molecular weight excluding hydrogens is 352 g/mol. The fourth-order valence-electron chi connectivity index (χ4n) is 3.99. The largest absolute Gasteiger partial charge is 0.326 e. The van der Waals surface area contributed by atoms with E-state index in [1.54, 1.807) is 18.5 Å². The minimum atomic E-state index is -0.257. The van der Waals surface area contributed by atoms with Gasteiger partial charge in [0.1, 0.15) is 0 Å². The second-order valence-electron chi connectivity index (χ2n) is 7.54. The molecule has 1 aliphatic rings. The summed E-state index contributed by atoms with van der Waals surface area (Å²) >= 11 is 0. The van der Waals surface area contributed by atoms with Crippen molar-refractivity contribution in [2.24, 2.45) is 5.92 Å². The van der Waals surface area contributed by atoms with Crippen molar-refractivity contribution in [2.75, 3.05) is 5.32 Å². The quantitative estimate of drug-likeness (QED) is 0.685. The van der Waals surface area contributed by atoms with Gasteiger partial charge in [-0.05, 0) is 36.1 Å². The number of aromatic amines is 1. The van der Waals surface area contributed by atoms with Gasteiger partial charge in [-0.2, -0.15) is 5.10 Å². The second-order valence-corrected chi connectivity index (χ2v) is 7.54. The van der Waals surface area contributed by atoms with E-state index in [1.807, 2.05) is 24.3 Å². The Morgan fingerprint density at radius 2 is 2.04 bits per heavy atom. The monoisotopic (exact) mass is 376 g/mol. The van der Waals surface area contributed by atoms with E-state index in [2.05, 4.69) is 20.5 Å².